The van der Waals surface area contributed by atoms with Gasteiger partial charge in [0.05, 0.1) is 0 Å². The third-order valence-corrected chi connectivity index (χ3v) is 4.80. The monoisotopic (exact) mass is 248 g/mol. The highest BCUT2D eigenvalue weighted by atomic mass is 32.2. The third kappa shape index (κ3) is 2.84. The number of hydrogen-bond donors (Lipinski definition) is 1. The molecule has 1 fully saturated rings. The van der Waals surface area contributed by atoms with Gasteiger partial charge in [-0.1, -0.05) is 12.1 Å². The van der Waals surface area contributed by atoms with Crippen LogP contribution in [0.1, 0.15) is 11.1 Å². The van der Waals surface area contributed by atoms with Crippen LogP contribution in [-0.4, -0.2) is 43.4 Å². The highest BCUT2D eigenvalue weighted by Crippen LogP contribution is 2.31. The third-order valence-electron chi connectivity index (χ3n) is 3.68. The fraction of sp³-hybridized carbons (Fsp3) is 0.571. The molecular formula is C14H20N2S. The molecule has 3 rings (SSSR count). The van der Waals surface area contributed by atoms with Crippen LogP contribution in [0, 0.1) is 0 Å². The van der Waals surface area contributed by atoms with Gasteiger partial charge in [0.2, 0.25) is 0 Å². The van der Waals surface area contributed by atoms with Gasteiger partial charge in [-0.25, -0.2) is 0 Å². The van der Waals surface area contributed by atoms with Crippen molar-refractivity contribution in [3.8, 4) is 0 Å². The quantitative estimate of drug-likeness (QED) is 0.878. The van der Waals surface area contributed by atoms with E-state index in [0.717, 1.165) is 13.1 Å². The number of nitrogens with one attached hydrogen (secondary N) is 1. The molecule has 0 amide bonds. The fourth-order valence-electron chi connectivity index (χ4n) is 2.62. The van der Waals surface area contributed by atoms with Crippen molar-refractivity contribution in [2.75, 3.05) is 38.5 Å². The Morgan fingerprint density at radius 1 is 1.24 bits per heavy atom. The topological polar surface area (TPSA) is 15.3 Å². The van der Waals surface area contributed by atoms with E-state index in [9.17, 15) is 0 Å². The number of aryl methyl sites for hydroxylation is 1. The molecule has 3 heteroatoms. The predicted molar refractivity (Wildman–Crippen MR) is 73.9 cm³/mol. The van der Waals surface area contributed by atoms with Crippen molar-refractivity contribution < 1.29 is 0 Å². The van der Waals surface area contributed by atoms with Crippen LogP contribution >= 0.6 is 11.8 Å². The highest BCUT2D eigenvalue weighted by molar-refractivity contribution is 7.99. The molecule has 17 heavy (non-hydrogen) atoms. The zero-order valence-electron chi connectivity index (χ0n) is 10.2. The maximum Gasteiger partial charge on any atom is 0.0108 e. The molecule has 92 valence electrons. The minimum Gasteiger partial charge on any atom is -0.314 e. The van der Waals surface area contributed by atoms with Crippen LogP contribution in [0.25, 0.3) is 0 Å². The van der Waals surface area contributed by atoms with Gasteiger partial charge in [-0.15, -0.1) is 11.8 Å². The summed E-state index contributed by atoms with van der Waals surface area (Å²) in [5, 5.41) is 3.40. The average Bonchev–Trinajstić information content (AvgIpc) is 2.85. The summed E-state index contributed by atoms with van der Waals surface area (Å²) in [6.45, 7) is 5.94. The van der Waals surface area contributed by atoms with E-state index in [1.165, 1.54) is 48.7 Å². The minimum absolute atomic E-state index is 1.15. The van der Waals surface area contributed by atoms with Crippen LogP contribution < -0.4 is 5.32 Å². The minimum atomic E-state index is 1.15. The Morgan fingerprint density at radius 3 is 3.00 bits per heavy atom. The number of benzene rings is 1. The molecule has 0 radical (unpaired) electrons. The van der Waals surface area contributed by atoms with Crippen LogP contribution in [0.5, 0.6) is 0 Å². The fourth-order valence-corrected chi connectivity index (χ4v) is 3.67. The van der Waals surface area contributed by atoms with Crippen molar-refractivity contribution in [1.29, 1.82) is 0 Å². The molecule has 2 aliphatic rings. The average molecular weight is 248 g/mol. The smallest absolute Gasteiger partial charge is 0.0108 e. The van der Waals surface area contributed by atoms with Crippen LogP contribution in [0.3, 0.4) is 0 Å². The van der Waals surface area contributed by atoms with Crippen molar-refractivity contribution in [2.45, 2.75) is 17.7 Å². The lowest BCUT2D eigenvalue weighted by Gasteiger charge is -2.27. The second-order valence-corrected chi connectivity index (χ2v) is 6.02. The second kappa shape index (κ2) is 5.42. The van der Waals surface area contributed by atoms with Gasteiger partial charge in [0, 0.05) is 43.4 Å². The van der Waals surface area contributed by atoms with Gasteiger partial charge in [0.25, 0.3) is 0 Å². The molecule has 2 aliphatic heterocycles. The van der Waals surface area contributed by atoms with Crippen LogP contribution in [-0.2, 0) is 12.8 Å². The molecule has 1 aromatic carbocycles. The molecule has 0 bridgehead atoms. The lowest BCUT2D eigenvalue weighted by atomic mass is 10.1. The molecule has 0 aromatic heterocycles. The van der Waals surface area contributed by atoms with Gasteiger partial charge in [-0.05, 0) is 30.0 Å². The standard InChI is InChI=1S/C14H20N2S/c1-2-14-13(4-10-17-14)11-12(1)3-7-16-8-5-15-6-9-16/h1-2,11,15H,3-10H2. The molecular weight excluding hydrogens is 228 g/mol. The Morgan fingerprint density at radius 2 is 2.12 bits per heavy atom. The summed E-state index contributed by atoms with van der Waals surface area (Å²) in [7, 11) is 0. The number of thioether (sulfide) groups is 1. The van der Waals surface area contributed by atoms with E-state index in [-0.39, 0.29) is 0 Å². The molecule has 0 aliphatic carbocycles. The summed E-state index contributed by atoms with van der Waals surface area (Å²) in [5.41, 5.74) is 3.09. The van der Waals surface area contributed by atoms with Crippen molar-refractivity contribution in [2.24, 2.45) is 0 Å². The van der Waals surface area contributed by atoms with Crippen LogP contribution in [0.2, 0.25) is 0 Å². The lowest BCUT2D eigenvalue weighted by molar-refractivity contribution is 0.244. The van der Waals surface area contributed by atoms with Crippen molar-refractivity contribution in [1.82, 2.24) is 10.2 Å². The first-order chi connectivity index (χ1) is 8.42. The summed E-state index contributed by atoms with van der Waals surface area (Å²) in [6, 6.07) is 7.07. The Bertz CT molecular complexity index is 386. The van der Waals surface area contributed by atoms with Gasteiger partial charge in [0.1, 0.15) is 0 Å². The first kappa shape index (κ1) is 11.6. The Labute approximate surface area is 108 Å². The van der Waals surface area contributed by atoms with E-state index in [4.69, 9.17) is 0 Å². The van der Waals surface area contributed by atoms with E-state index in [1.54, 1.807) is 5.56 Å². The van der Waals surface area contributed by atoms with E-state index in [2.05, 4.69) is 28.4 Å². The number of nitrogens with zero attached hydrogens (tertiary/aromatic N) is 1. The molecule has 1 aromatic rings. The van der Waals surface area contributed by atoms with Gasteiger partial charge >= 0.3 is 0 Å². The van der Waals surface area contributed by atoms with E-state index in [0.29, 0.717) is 0 Å². The Balaban J connectivity index is 1.57. The number of rotatable bonds is 3. The summed E-state index contributed by atoms with van der Waals surface area (Å²) < 4.78 is 0. The molecule has 0 unspecified atom stereocenters. The van der Waals surface area contributed by atoms with E-state index >= 15 is 0 Å². The Kier molecular flexibility index (Phi) is 3.69. The second-order valence-electron chi connectivity index (χ2n) is 4.88. The molecule has 2 nitrogen and oxygen atoms in total. The largest absolute Gasteiger partial charge is 0.314 e. The number of hydrogen-bond acceptors (Lipinski definition) is 3. The van der Waals surface area contributed by atoms with Crippen molar-refractivity contribution in [3.05, 3.63) is 29.3 Å². The number of fused-ring (bicyclic) bond motifs is 1. The van der Waals surface area contributed by atoms with E-state index in [1.807, 2.05) is 11.8 Å². The lowest BCUT2D eigenvalue weighted by Crippen LogP contribution is -2.44. The first-order valence-electron chi connectivity index (χ1n) is 6.59. The van der Waals surface area contributed by atoms with Crippen LogP contribution in [0.15, 0.2) is 23.1 Å². The van der Waals surface area contributed by atoms with Crippen molar-refractivity contribution in [3.63, 3.8) is 0 Å². The first-order valence-corrected chi connectivity index (χ1v) is 7.58. The van der Waals surface area contributed by atoms with Gasteiger partial charge in [0.15, 0.2) is 0 Å². The molecule has 1 saturated heterocycles. The van der Waals surface area contributed by atoms with Gasteiger partial charge < -0.3 is 10.2 Å². The highest BCUT2D eigenvalue weighted by Gasteiger charge is 2.12. The predicted octanol–water partition coefficient (Wildman–Crippen LogP) is 1.78. The zero-order chi connectivity index (χ0) is 11.5. The van der Waals surface area contributed by atoms with Crippen LogP contribution in [0.4, 0.5) is 0 Å². The zero-order valence-corrected chi connectivity index (χ0v) is 11.1. The molecule has 0 atom stereocenters. The number of piperazine rings is 1. The molecule has 0 saturated carbocycles. The van der Waals surface area contributed by atoms with E-state index < -0.39 is 0 Å². The Hall–Kier alpha value is -0.510. The van der Waals surface area contributed by atoms with Gasteiger partial charge in [-0.2, -0.15) is 0 Å². The normalized spacial score (nSPS) is 20.5. The molecule has 1 N–H and O–H groups in total. The van der Waals surface area contributed by atoms with Gasteiger partial charge in [-0.3, -0.25) is 0 Å². The van der Waals surface area contributed by atoms with Crippen molar-refractivity contribution >= 4 is 11.8 Å². The summed E-state index contributed by atoms with van der Waals surface area (Å²) in [5.74, 6) is 1.27. The maximum absolute atomic E-state index is 3.40. The maximum atomic E-state index is 3.40. The summed E-state index contributed by atoms with van der Waals surface area (Å²) >= 11 is 2.00. The molecule has 2 heterocycles. The summed E-state index contributed by atoms with van der Waals surface area (Å²) in [6.07, 6.45) is 2.47. The molecule has 0 spiro atoms. The SMILES string of the molecule is c1cc2c(cc1CCN1CCNCC1)CCS2. The summed E-state index contributed by atoms with van der Waals surface area (Å²) in [4.78, 5) is 4.08.